The highest BCUT2D eigenvalue weighted by Gasteiger charge is 2.43. The van der Waals surface area contributed by atoms with E-state index < -0.39 is 0 Å². The number of carbonyl (C=O) groups is 2. The number of esters is 1. The number of benzene rings is 1. The molecule has 1 saturated carbocycles. The van der Waals surface area contributed by atoms with Crippen LogP contribution in [0.15, 0.2) is 24.3 Å². The molecule has 1 aromatic rings. The fourth-order valence-corrected chi connectivity index (χ4v) is 6.62. The molecule has 2 heterocycles. The molecule has 6 nitrogen and oxygen atoms in total. The first-order valence-corrected chi connectivity index (χ1v) is 13.1. The first kappa shape index (κ1) is 24.1. The van der Waals surface area contributed by atoms with Gasteiger partial charge in [-0.05, 0) is 50.7 Å². The molecule has 2 saturated heterocycles. The first-order valence-electron chi connectivity index (χ1n) is 13.1. The lowest BCUT2D eigenvalue weighted by Gasteiger charge is -2.54. The summed E-state index contributed by atoms with van der Waals surface area (Å²) in [6, 6.07) is 9.92. The molecule has 6 heteroatoms. The maximum absolute atomic E-state index is 13.0. The third kappa shape index (κ3) is 5.71. The number of nitrogens with one attached hydrogen (secondary N) is 1. The van der Waals surface area contributed by atoms with Gasteiger partial charge in [0.25, 0.3) is 0 Å². The van der Waals surface area contributed by atoms with Gasteiger partial charge in [0.2, 0.25) is 5.91 Å². The Morgan fingerprint density at radius 2 is 1.55 bits per heavy atom. The summed E-state index contributed by atoms with van der Waals surface area (Å²) < 4.78 is 4.78. The Morgan fingerprint density at radius 3 is 2.18 bits per heavy atom. The minimum absolute atomic E-state index is 0.0739. The Balaban J connectivity index is 1.54. The van der Waals surface area contributed by atoms with E-state index in [4.69, 9.17) is 4.74 Å². The second kappa shape index (κ2) is 11.4. The van der Waals surface area contributed by atoms with E-state index in [-0.39, 0.29) is 24.5 Å². The molecule has 33 heavy (non-hydrogen) atoms. The molecule has 0 spiro atoms. The maximum atomic E-state index is 13.0. The van der Waals surface area contributed by atoms with Gasteiger partial charge in [-0.2, -0.15) is 0 Å². The van der Waals surface area contributed by atoms with Crippen molar-refractivity contribution in [2.24, 2.45) is 0 Å². The van der Waals surface area contributed by atoms with Gasteiger partial charge in [-0.1, -0.05) is 50.7 Å². The summed E-state index contributed by atoms with van der Waals surface area (Å²) in [6.07, 6.45) is 15.5. The summed E-state index contributed by atoms with van der Waals surface area (Å²) in [6.45, 7) is 1.76. The zero-order valence-electron chi connectivity index (χ0n) is 20.4. The largest absolute Gasteiger partial charge is 0.468 e. The quantitative estimate of drug-likeness (QED) is 0.603. The van der Waals surface area contributed by atoms with Crippen LogP contribution in [0.1, 0.15) is 84.0 Å². The van der Waals surface area contributed by atoms with E-state index in [2.05, 4.69) is 10.2 Å². The third-order valence-corrected chi connectivity index (χ3v) is 8.02. The monoisotopic (exact) mass is 455 g/mol. The summed E-state index contributed by atoms with van der Waals surface area (Å²) in [7, 11) is 1.39. The van der Waals surface area contributed by atoms with Gasteiger partial charge in [0.15, 0.2) is 0 Å². The van der Waals surface area contributed by atoms with E-state index in [1.54, 1.807) is 6.92 Å². The fourth-order valence-electron chi connectivity index (χ4n) is 6.62. The molecule has 4 rings (SSSR count). The van der Waals surface area contributed by atoms with Gasteiger partial charge >= 0.3 is 5.97 Å². The molecule has 2 aliphatic heterocycles. The Kier molecular flexibility index (Phi) is 8.29. The number of amides is 1. The average Bonchev–Trinajstić information content (AvgIpc) is 2.77. The Labute approximate surface area is 199 Å². The molecule has 3 atom stereocenters. The minimum atomic E-state index is -0.318. The number of fused-ring (bicyclic) bond motifs is 2. The van der Waals surface area contributed by atoms with Crippen molar-refractivity contribution in [1.29, 1.82) is 0 Å². The highest BCUT2D eigenvalue weighted by Crippen LogP contribution is 2.41. The van der Waals surface area contributed by atoms with Crippen LogP contribution in [0.4, 0.5) is 11.4 Å². The number of ether oxygens (including phenoxy) is 1. The number of carbonyl (C=O) groups excluding carboxylic acids is 2. The van der Waals surface area contributed by atoms with Crippen molar-refractivity contribution >= 4 is 23.3 Å². The molecule has 0 aromatic heterocycles. The van der Waals surface area contributed by atoms with E-state index in [1.807, 2.05) is 29.2 Å². The number of piperidine rings is 2. The maximum Gasteiger partial charge on any atom is 0.325 e. The second-order valence-electron chi connectivity index (χ2n) is 10.1. The molecule has 182 valence electrons. The average molecular weight is 456 g/mol. The number of hydrogen-bond donors (Lipinski definition) is 1. The summed E-state index contributed by atoms with van der Waals surface area (Å²) in [5.41, 5.74) is 1.68. The second-order valence-corrected chi connectivity index (χ2v) is 10.1. The molecule has 3 fully saturated rings. The lowest BCUT2D eigenvalue weighted by atomic mass is 9.78. The van der Waals surface area contributed by atoms with Crippen LogP contribution in [0, 0.1) is 0 Å². The van der Waals surface area contributed by atoms with Gasteiger partial charge in [0.05, 0.1) is 18.5 Å². The molecule has 1 N–H and O–H groups in total. The SMILES string of the molecule is COC(=O)CNc1ccccc1N(C(C)=O)[C@@H]1C[C@H]2CCC[C@@H](C1)N2C1CCCCCCC1. The molecule has 1 aromatic carbocycles. The number of nitrogens with zero attached hydrogens (tertiary/aromatic N) is 2. The van der Waals surface area contributed by atoms with Crippen molar-refractivity contribution in [3.63, 3.8) is 0 Å². The third-order valence-electron chi connectivity index (χ3n) is 8.02. The van der Waals surface area contributed by atoms with Crippen LogP contribution in [-0.4, -0.2) is 54.6 Å². The molecule has 0 radical (unpaired) electrons. The number of para-hydroxylation sites is 2. The van der Waals surface area contributed by atoms with Gasteiger partial charge in [-0.3, -0.25) is 14.5 Å². The lowest BCUT2D eigenvalue weighted by Crippen LogP contribution is -2.60. The van der Waals surface area contributed by atoms with Crippen LogP contribution in [0.25, 0.3) is 0 Å². The van der Waals surface area contributed by atoms with Crippen molar-refractivity contribution < 1.29 is 14.3 Å². The number of rotatable bonds is 6. The van der Waals surface area contributed by atoms with E-state index >= 15 is 0 Å². The van der Waals surface area contributed by atoms with Gasteiger partial charge in [0, 0.05) is 31.1 Å². The highest BCUT2D eigenvalue weighted by atomic mass is 16.5. The van der Waals surface area contributed by atoms with E-state index in [9.17, 15) is 9.59 Å². The predicted molar refractivity (Wildman–Crippen MR) is 133 cm³/mol. The van der Waals surface area contributed by atoms with Crippen molar-refractivity contribution in [1.82, 2.24) is 4.90 Å². The first-order chi connectivity index (χ1) is 16.1. The Morgan fingerprint density at radius 1 is 0.939 bits per heavy atom. The number of hydrogen-bond acceptors (Lipinski definition) is 5. The van der Waals surface area contributed by atoms with Gasteiger partial charge < -0.3 is 15.0 Å². The molecule has 3 aliphatic rings. The summed E-state index contributed by atoms with van der Waals surface area (Å²) in [4.78, 5) is 29.6. The minimum Gasteiger partial charge on any atom is -0.468 e. The van der Waals surface area contributed by atoms with Crippen molar-refractivity contribution in [2.45, 2.75) is 108 Å². The van der Waals surface area contributed by atoms with Crippen LogP contribution in [-0.2, 0) is 14.3 Å². The number of anilines is 2. The van der Waals surface area contributed by atoms with Crippen LogP contribution < -0.4 is 10.2 Å². The standard InChI is InChI=1S/C27H41N3O3/c1-20(31)29(26-16-9-8-15-25(26)28-19-27(32)33-2)24-17-22-13-10-14-23(18-24)30(22)21-11-6-4-3-5-7-12-21/h8-9,15-16,21-24,28H,3-7,10-14,17-19H2,1-2H3/t22-,23+,24-. The van der Waals surface area contributed by atoms with Crippen molar-refractivity contribution in [3.05, 3.63) is 24.3 Å². The van der Waals surface area contributed by atoms with Crippen LogP contribution >= 0.6 is 0 Å². The van der Waals surface area contributed by atoms with Gasteiger partial charge in [0.1, 0.15) is 6.54 Å². The zero-order valence-corrected chi connectivity index (χ0v) is 20.4. The van der Waals surface area contributed by atoms with Crippen LogP contribution in [0.2, 0.25) is 0 Å². The van der Waals surface area contributed by atoms with Gasteiger partial charge in [-0.25, -0.2) is 0 Å². The summed E-state index contributed by atoms with van der Waals surface area (Å²) in [5.74, 6) is -0.244. The topological polar surface area (TPSA) is 61.9 Å². The van der Waals surface area contributed by atoms with E-state index in [0.717, 1.165) is 30.3 Å². The highest BCUT2D eigenvalue weighted by molar-refractivity contribution is 5.96. The fraction of sp³-hybridized carbons (Fsp3) is 0.704. The van der Waals surface area contributed by atoms with Gasteiger partial charge in [-0.15, -0.1) is 0 Å². The Bertz CT molecular complexity index is 792. The molecular formula is C27H41N3O3. The summed E-state index contributed by atoms with van der Waals surface area (Å²) in [5, 5.41) is 3.18. The number of methoxy groups -OCH3 is 1. The lowest BCUT2D eigenvalue weighted by molar-refractivity contribution is -0.138. The smallest absolute Gasteiger partial charge is 0.325 e. The van der Waals surface area contributed by atoms with E-state index in [0.29, 0.717) is 12.1 Å². The molecule has 1 aliphatic carbocycles. The zero-order chi connectivity index (χ0) is 23.2. The molecular weight excluding hydrogens is 414 g/mol. The van der Waals surface area contributed by atoms with Crippen molar-refractivity contribution in [3.8, 4) is 0 Å². The van der Waals surface area contributed by atoms with Crippen LogP contribution in [0.3, 0.4) is 0 Å². The van der Waals surface area contributed by atoms with Crippen molar-refractivity contribution in [2.75, 3.05) is 23.9 Å². The predicted octanol–water partition coefficient (Wildman–Crippen LogP) is 5.12. The summed E-state index contributed by atoms with van der Waals surface area (Å²) >= 11 is 0. The molecule has 0 unspecified atom stereocenters. The molecule has 2 bridgehead atoms. The normalized spacial score (nSPS) is 26.7. The van der Waals surface area contributed by atoms with E-state index in [1.165, 1.54) is 71.3 Å². The Hall–Kier alpha value is -2.08. The molecule has 1 amide bonds. The van der Waals surface area contributed by atoms with Crippen LogP contribution in [0.5, 0.6) is 0 Å².